The molecule has 0 bridgehead atoms. The Hall–Kier alpha value is -2.09. The van der Waals surface area contributed by atoms with Crippen molar-refractivity contribution < 1.29 is 17.9 Å². The van der Waals surface area contributed by atoms with Crippen LogP contribution >= 0.6 is 11.6 Å². The monoisotopic (exact) mass is 464 g/mol. The molecule has 168 valence electrons. The fourth-order valence-corrected chi connectivity index (χ4v) is 5.40. The van der Waals surface area contributed by atoms with Gasteiger partial charge in [0.2, 0.25) is 15.9 Å². The molecule has 1 N–H and O–H groups in total. The van der Waals surface area contributed by atoms with Crippen LogP contribution in [0.3, 0.4) is 0 Å². The van der Waals surface area contributed by atoms with Crippen molar-refractivity contribution in [2.75, 3.05) is 26.2 Å². The van der Waals surface area contributed by atoms with Gasteiger partial charge >= 0.3 is 0 Å². The van der Waals surface area contributed by atoms with Crippen LogP contribution in [-0.4, -0.2) is 44.9 Å². The average molecular weight is 465 g/mol. The Bertz CT molecular complexity index is 971. The summed E-state index contributed by atoms with van der Waals surface area (Å²) >= 11 is 5.95. The van der Waals surface area contributed by atoms with Crippen LogP contribution in [0.15, 0.2) is 48.5 Å². The highest BCUT2D eigenvalue weighted by Gasteiger charge is 2.31. The number of carbonyl (C=O) groups excluding carboxylic acids is 1. The van der Waals surface area contributed by atoms with E-state index in [9.17, 15) is 13.2 Å². The summed E-state index contributed by atoms with van der Waals surface area (Å²) < 4.78 is 32.5. The number of hydrogen-bond donors (Lipinski definition) is 1. The Labute approximate surface area is 189 Å². The SMILES string of the molecule is CCc1ccc(OCCNC(=O)C2CCN(S(=O)(=O)Cc3cccc(Cl)c3)CC2)cc1. The smallest absolute Gasteiger partial charge is 0.223 e. The highest BCUT2D eigenvalue weighted by Crippen LogP contribution is 2.22. The minimum Gasteiger partial charge on any atom is -0.492 e. The number of nitrogens with zero attached hydrogens (tertiary/aromatic N) is 1. The van der Waals surface area contributed by atoms with Gasteiger partial charge in [0.1, 0.15) is 12.4 Å². The van der Waals surface area contributed by atoms with Gasteiger partial charge in [-0.05, 0) is 54.7 Å². The first-order valence-corrected chi connectivity index (χ1v) is 12.6. The lowest BCUT2D eigenvalue weighted by Gasteiger charge is -2.30. The summed E-state index contributed by atoms with van der Waals surface area (Å²) in [4.78, 5) is 12.4. The first kappa shape index (κ1) is 23.6. The Morgan fingerprint density at radius 3 is 2.48 bits per heavy atom. The molecule has 0 unspecified atom stereocenters. The van der Waals surface area contributed by atoms with E-state index >= 15 is 0 Å². The van der Waals surface area contributed by atoms with E-state index in [1.807, 2.05) is 24.3 Å². The number of sulfonamides is 1. The molecule has 0 saturated carbocycles. The van der Waals surface area contributed by atoms with E-state index in [-0.39, 0.29) is 17.6 Å². The second kappa shape index (κ2) is 11.0. The van der Waals surface area contributed by atoms with Crippen molar-refractivity contribution in [2.45, 2.75) is 31.9 Å². The lowest BCUT2D eigenvalue weighted by Crippen LogP contribution is -2.43. The molecule has 31 heavy (non-hydrogen) atoms. The third-order valence-electron chi connectivity index (χ3n) is 5.46. The second-order valence-electron chi connectivity index (χ2n) is 7.70. The van der Waals surface area contributed by atoms with Gasteiger partial charge in [0.15, 0.2) is 0 Å². The number of hydrogen-bond acceptors (Lipinski definition) is 4. The molecule has 6 nitrogen and oxygen atoms in total. The standard InChI is InChI=1S/C23H29ClN2O4S/c1-2-18-6-8-22(9-7-18)30-15-12-25-23(27)20-10-13-26(14-11-20)31(28,29)17-19-4-3-5-21(24)16-19/h3-9,16,20H,2,10-15,17H2,1H3,(H,25,27). The van der Waals surface area contributed by atoms with Crippen molar-refractivity contribution in [3.05, 3.63) is 64.7 Å². The molecule has 8 heteroatoms. The number of rotatable bonds is 9. The molecule has 0 aromatic heterocycles. The van der Waals surface area contributed by atoms with Gasteiger partial charge in [0.25, 0.3) is 0 Å². The molecule has 2 aromatic rings. The van der Waals surface area contributed by atoms with Gasteiger partial charge in [-0.15, -0.1) is 0 Å². The van der Waals surface area contributed by atoms with E-state index in [1.54, 1.807) is 24.3 Å². The predicted octanol–water partition coefficient (Wildman–Crippen LogP) is 3.64. The van der Waals surface area contributed by atoms with Crippen molar-refractivity contribution in [3.8, 4) is 5.75 Å². The zero-order valence-electron chi connectivity index (χ0n) is 17.7. The van der Waals surface area contributed by atoms with Crippen LogP contribution in [0.25, 0.3) is 0 Å². The van der Waals surface area contributed by atoms with E-state index in [1.165, 1.54) is 9.87 Å². The third-order valence-corrected chi connectivity index (χ3v) is 7.54. The molecule has 1 aliphatic heterocycles. The van der Waals surface area contributed by atoms with Gasteiger partial charge in [0.05, 0.1) is 12.3 Å². The molecule has 1 saturated heterocycles. The summed E-state index contributed by atoms with van der Waals surface area (Å²) in [6, 6.07) is 14.8. The van der Waals surface area contributed by atoms with Crippen LogP contribution in [-0.2, 0) is 27.0 Å². The minimum atomic E-state index is -3.44. The van der Waals surface area contributed by atoms with E-state index < -0.39 is 10.0 Å². The highest BCUT2D eigenvalue weighted by molar-refractivity contribution is 7.88. The van der Waals surface area contributed by atoms with Gasteiger partial charge < -0.3 is 10.1 Å². The fraction of sp³-hybridized carbons (Fsp3) is 0.435. The molecule has 1 fully saturated rings. The van der Waals surface area contributed by atoms with Crippen LogP contribution in [0, 0.1) is 5.92 Å². The zero-order chi connectivity index (χ0) is 22.3. The minimum absolute atomic E-state index is 0.0446. The summed E-state index contributed by atoms with van der Waals surface area (Å²) in [7, 11) is -3.44. The van der Waals surface area contributed by atoms with Gasteiger partial charge in [-0.3, -0.25) is 4.79 Å². The molecule has 1 aliphatic rings. The van der Waals surface area contributed by atoms with E-state index in [0.29, 0.717) is 49.7 Å². The fourth-order valence-electron chi connectivity index (χ4n) is 3.63. The van der Waals surface area contributed by atoms with Crippen LogP contribution in [0.2, 0.25) is 5.02 Å². The maximum Gasteiger partial charge on any atom is 0.223 e. The normalized spacial score (nSPS) is 15.5. The third kappa shape index (κ3) is 6.95. The van der Waals surface area contributed by atoms with Gasteiger partial charge in [-0.25, -0.2) is 12.7 Å². The van der Waals surface area contributed by atoms with Crippen LogP contribution in [0.4, 0.5) is 0 Å². The zero-order valence-corrected chi connectivity index (χ0v) is 19.3. The maximum atomic E-state index is 12.7. The number of piperidine rings is 1. The van der Waals surface area contributed by atoms with Gasteiger partial charge in [0, 0.05) is 24.0 Å². The first-order valence-electron chi connectivity index (χ1n) is 10.6. The van der Waals surface area contributed by atoms with Crippen LogP contribution < -0.4 is 10.1 Å². The average Bonchev–Trinajstić information content (AvgIpc) is 2.77. The number of amides is 1. The van der Waals surface area contributed by atoms with Crippen LogP contribution in [0.1, 0.15) is 30.9 Å². The Kier molecular flexibility index (Phi) is 8.35. The molecular weight excluding hydrogens is 436 g/mol. The summed E-state index contributed by atoms with van der Waals surface area (Å²) in [5, 5.41) is 3.42. The number of nitrogens with one attached hydrogen (secondary N) is 1. The van der Waals surface area contributed by atoms with Crippen molar-refractivity contribution in [1.82, 2.24) is 9.62 Å². The maximum absolute atomic E-state index is 12.7. The topological polar surface area (TPSA) is 75.7 Å². The van der Waals surface area contributed by atoms with Gasteiger partial charge in [-0.2, -0.15) is 0 Å². The quantitative estimate of drug-likeness (QED) is 0.575. The highest BCUT2D eigenvalue weighted by atomic mass is 35.5. The van der Waals surface area contributed by atoms with Crippen molar-refractivity contribution in [1.29, 1.82) is 0 Å². The number of halogens is 1. The Balaban J connectivity index is 1.39. The molecular formula is C23H29ClN2O4S. The molecule has 0 radical (unpaired) electrons. The lowest BCUT2D eigenvalue weighted by atomic mass is 9.97. The largest absolute Gasteiger partial charge is 0.492 e. The first-order chi connectivity index (χ1) is 14.9. The number of ether oxygens (including phenoxy) is 1. The lowest BCUT2D eigenvalue weighted by molar-refractivity contribution is -0.126. The van der Waals surface area contributed by atoms with E-state index in [2.05, 4.69) is 12.2 Å². The number of benzene rings is 2. The second-order valence-corrected chi connectivity index (χ2v) is 10.1. The van der Waals surface area contributed by atoms with Gasteiger partial charge in [-0.1, -0.05) is 42.8 Å². The summed E-state index contributed by atoms with van der Waals surface area (Å²) in [5.41, 5.74) is 1.92. The molecule has 3 rings (SSSR count). The van der Waals surface area contributed by atoms with Crippen LogP contribution in [0.5, 0.6) is 5.75 Å². The van der Waals surface area contributed by atoms with Crippen molar-refractivity contribution in [3.63, 3.8) is 0 Å². The Morgan fingerprint density at radius 1 is 1.13 bits per heavy atom. The molecule has 1 heterocycles. The summed E-state index contributed by atoms with van der Waals surface area (Å²) in [5.74, 6) is 0.476. The van der Waals surface area contributed by atoms with E-state index in [0.717, 1.165) is 12.2 Å². The predicted molar refractivity (Wildman–Crippen MR) is 123 cm³/mol. The van der Waals surface area contributed by atoms with Crippen molar-refractivity contribution >= 4 is 27.5 Å². The number of aryl methyl sites for hydroxylation is 1. The molecule has 0 atom stereocenters. The molecule has 0 spiro atoms. The number of carbonyl (C=O) groups is 1. The van der Waals surface area contributed by atoms with Crippen molar-refractivity contribution in [2.24, 2.45) is 5.92 Å². The van der Waals surface area contributed by atoms with E-state index in [4.69, 9.17) is 16.3 Å². The summed E-state index contributed by atoms with van der Waals surface area (Å²) in [6.07, 6.45) is 2.01. The molecule has 0 aliphatic carbocycles. The molecule has 2 aromatic carbocycles. The Morgan fingerprint density at radius 2 is 1.84 bits per heavy atom. The molecule has 1 amide bonds. The summed E-state index contributed by atoms with van der Waals surface area (Å²) in [6.45, 7) is 3.61.